The number of nitrogens with zero attached hydrogens (tertiary/aromatic N) is 2. The van der Waals surface area contributed by atoms with Crippen LogP contribution in [0, 0.1) is 6.92 Å². The van der Waals surface area contributed by atoms with Gasteiger partial charge in [-0.15, -0.1) is 0 Å². The lowest BCUT2D eigenvalue weighted by molar-refractivity contribution is -0.122. The molecule has 2 N–H and O–H groups in total. The van der Waals surface area contributed by atoms with E-state index < -0.39 is 15.3 Å². The van der Waals surface area contributed by atoms with Crippen molar-refractivity contribution in [2.75, 3.05) is 24.4 Å². The Labute approximate surface area is 205 Å². The summed E-state index contributed by atoms with van der Waals surface area (Å²) >= 11 is 0. The fourth-order valence-corrected chi connectivity index (χ4v) is 4.36. The van der Waals surface area contributed by atoms with Crippen molar-refractivity contribution in [3.63, 3.8) is 0 Å². The van der Waals surface area contributed by atoms with E-state index in [2.05, 4.69) is 15.0 Å². The van der Waals surface area contributed by atoms with Crippen LogP contribution in [0.2, 0.25) is 0 Å². The number of aromatic nitrogens is 1. The van der Waals surface area contributed by atoms with Crippen LogP contribution in [-0.2, 0) is 27.9 Å². The number of sulfonamides is 1. The molecule has 0 aliphatic carbocycles. The molecule has 1 aromatic heterocycles. The number of oxazole rings is 1. The zero-order valence-electron chi connectivity index (χ0n) is 20.1. The molecule has 0 saturated carbocycles. The van der Waals surface area contributed by atoms with Crippen LogP contribution >= 0.6 is 0 Å². The molecule has 0 atom stereocenters. The predicted molar refractivity (Wildman–Crippen MR) is 133 cm³/mol. The van der Waals surface area contributed by atoms with Crippen LogP contribution in [-0.4, -0.2) is 49.2 Å². The Kier molecular flexibility index (Phi) is 7.42. The van der Waals surface area contributed by atoms with Crippen LogP contribution in [0.4, 0.5) is 5.69 Å². The first kappa shape index (κ1) is 24.7. The molecule has 0 saturated heterocycles. The van der Waals surface area contributed by atoms with Crippen LogP contribution in [0.5, 0.6) is 5.75 Å². The number of hydrogen-bond donors (Lipinski definition) is 2. The van der Waals surface area contributed by atoms with Crippen molar-refractivity contribution in [3.05, 3.63) is 65.5 Å². The monoisotopic (exact) mass is 498 g/mol. The number of aryl methyl sites for hydroxylation is 1. The summed E-state index contributed by atoms with van der Waals surface area (Å²) in [6, 6.07) is 14.7. The first-order valence-electron chi connectivity index (χ1n) is 11.5. The third-order valence-electron chi connectivity index (χ3n) is 5.73. The molecule has 35 heavy (non-hydrogen) atoms. The molecule has 0 bridgehead atoms. The summed E-state index contributed by atoms with van der Waals surface area (Å²) in [7, 11) is -3.46. The summed E-state index contributed by atoms with van der Waals surface area (Å²) in [5.74, 6) is 1.70. The van der Waals surface area contributed by atoms with Crippen molar-refractivity contribution in [1.82, 2.24) is 15.2 Å². The highest BCUT2D eigenvalue weighted by Crippen LogP contribution is 2.25. The van der Waals surface area contributed by atoms with Gasteiger partial charge in [0, 0.05) is 29.9 Å². The van der Waals surface area contributed by atoms with E-state index in [0.29, 0.717) is 48.3 Å². The Morgan fingerprint density at radius 2 is 1.97 bits per heavy atom. The molecule has 1 amide bonds. The van der Waals surface area contributed by atoms with Gasteiger partial charge >= 0.3 is 0 Å². The molecule has 1 aliphatic rings. The van der Waals surface area contributed by atoms with Gasteiger partial charge in [-0.05, 0) is 45.0 Å². The lowest BCUT2D eigenvalue weighted by atomic mass is 10.2. The maximum absolute atomic E-state index is 12.6. The van der Waals surface area contributed by atoms with Gasteiger partial charge < -0.3 is 14.5 Å². The van der Waals surface area contributed by atoms with Gasteiger partial charge in [-0.3, -0.25) is 14.4 Å². The second-order valence-electron chi connectivity index (χ2n) is 8.74. The molecule has 0 fully saturated rings. The summed E-state index contributed by atoms with van der Waals surface area (Å²) in [5.41, 5.74) is 2.75. The Bertz CT molecular complexity index is 1300. The molecular formula is C25H30N4O5S. The number of ether oxygens (including phenoxy) is 1. The van der Waals surface area contributed by atoms with Gasteiger partial charge in [-0.2, -0.15) is 0 Å². The minimum Gasteiger partial charge on any atom is -0.492 e. The molecule has 2 aromatic carbocycles. The van der Waals surface area contributed by atoms with Crippen molar-refractivity contribution in [2.24, 2.45) is 0 Å². The highest BCUT2D eigenvalue weighted by molar-refractivity contribution is 7.93. The lowest BCUT2D eigenvalue weighted by Gasteiger charge is -2.18. The maximum Gasteiger partial charge on any atom is 0.235 e. The quantitative estimate of drug-likeness (QED) is 0.490. The summed E-state index contributed by atoms with van der Waals surface area (Å²) < 4.78 is 38.5. The summed E-state index contributed by atoms with van der Waals surface area (Å²) in [6.45, 7) is 7.33. The molecule has 2 heterocycles. The van der Waals surface area contributed by atoms with E-state index in [-0.39, 0.29) is 19.0 Å². The van der Waals surface area contributed by atoms with Gasteiger partial charge in [0.25, 0.3) is 0 Å². The molecule has 3 aromatic rings. The Balaban J connectivity index is 1.37. The summed E-state index contributed by atoms with van der Waals surface area (Å²) in [6.07, 6.45) is 0. The van der Waals surface area contributed by atoms with Gasteiger partial charge in [0.15, 0.2) is 0 Å². The maximum atomic E-state index is 12.6. The lowest BCUT2D eigenvalue weighted by Crippen LogP contribution is -2.37. The second kappa shape index (κ2) is 10.5. The molecule has 4 rings (SSSR count). The van der Waals surface area contributed by atoms with Crippen LogP contribution < -0.4 is 14.8 Å². The topological polar surface area (TPSA) is 114 Å². The number of benzene rings is 2. The summed E-state index contributed by atoms with van der Waals surface area (Å²) in [5, 5.41) is 2.36. The number of para-hydroxylation sites is 1. The Hall–Kier alpha value is -3.37. The van der Waals surface area contributed by atoms with E-state index in [4.69, 9.17) is 9.15 Å². The minimum absolute atomic E-state index is 0.113. The van der Waals surface area contributed by atoms with Gasteiger partial charge in [-0.1, -0.05) is 24.3 Å². The molecule has 0 radical (unpaired) electrons. The average Bonchev–Trinajstić information content (AvgIpc) is 3.06. The number of hydrogen-bond acceptors (Lipinski definition) is 7. The molecule has 9 nitrogen and oxygen atoms in total. The first-order valence-corrected chi connectivity index (χ1v) is 13.0. The first-order chi connectivity index (χ1) is 16.7. The number of rotatable bonds is 8. The fourth-order valence-electron chi connectivity index (χ4n) is 3.67. The van der Waals surface area contributed by atoms with Crippen LogP contribution in [0.25, 0.3) is 11.5 Å². The number of amides is 1. The zero-order chi connectivity index (χ0) is 25.0. The Morgan fingerprint density at radius 1 is 1.17 bits per heavy atom. The average molecular weight is 499 g/mol. The van der Waals surface area contributed by atoms with Crippen LogP contribution in [0.15, 0.2) is 52.9 Å². The van der Waals surface area contributed by atoms with Crippen molar-refractivity contribution >= 4 is 21.6 Å². The third kappa shape index (κ3) is 6.20. The fraction of sp³-hybridized carbons (Fsp3) is 0.360. The number of nitrogens with one attached hydrogen (secondary N) is 2. The highest BCUT2D eigenvalue weighted by Gasteiger charge is 2.19. The number of anilines is 1. The van der Waals surface area contributed by atoms with E-state index in [1.165, 1.54) is 0 Å². The second-order valence-corrected chi connectivity index (χ2v) is 11.0. The van der Waals surface area contributed by atoms with Gasteiger partial charge in [-0.25, -0.2) is 13.4 Å². The number of fused-ring (bicyclic) bond motifs is 1. The molecule has 186 valence electrons. The molecule has 0 spiro atoms. The normalized spacial score (nSPS) is 14.2. The largest absolute Gasteiger partial charge is 0.492 e. The minimum atomic E-state index is -3.46. The molecule has 10 heteroatoms. The van der Waals surface area contributed by atoms with E-state index in [9.17, 15) is 13.2 Å². The number of carbonyl (C=O) groups excluding carboxylic acids is 1. The van der Waals surface area contributed by atoms with E-state index in [0.717, 1.165) is 11.3 Å². The SMILES string of the molecule is Cc1oc(-c2cccc(NS(=O)(=O)C(C)C)c2)nc1CNC(=O)CN1CCOc2ccccc2C1. The van der Waals surface area contributed by atoms with Gasteiger partial charge in [0.1, 0.15) is 23.8 Å². The predicted octanol–water partition coefficient (Wildman–Crippen LogP) is 3.31. The standard InChI is InChI=1S/C25H30N4O5S/c1-17(2)35(31,32)28-21-9-6-8-19(13-21)25-27-22(18(3)34-25)14-26-24(30)16-29-11-12-33-23-10-5-4-7-20(23)15-29/h4-10,13,17,28H,11-12,14-16H2,1-3H3,(H,26,30). The smallest absolute Gasteiger partial charge is 0.235 e. The Morgan fingerprint density at radius 3 is 2.77 bits per heavy atom. The van der Waals surface area contributed by atoms with Crippen molar-refractivity contribution in [3.8, 4) is 17.2 Å². The zero-order valence-corrected chi connectivity index (χ0v) is 20.9. The van der Waals surface area contributed by atoms with Gasteiger partial charge in [0.05, 0.1) is 18.3 Å². The summed E-state index contributed by atoms with van der Waals surface area (Å²) in [4.78, 5) is 19.2. The molecular weight excluding hydrogens is 468 g/mol. The van der Waals surface area contributed by atoms with Crippen molar-refractivity contribution < 1.29 is 22.4 Å². The molecule has 0 unspecified atom stereocenters. The number of carbonyl (C=O) groups is 1. The van der Waals surface area contributed by atoms with E-state index in [1.807, 2.05) is 29.2 Å². The third-order valence-corrected chi connectivity index (χ3v) is 7.50. The van der Waals surface area contributed by atoms with Crippen LogP contribution in [0.1, 0.15) is 30.9 Å². The van der Waals surface area contributed by atoms with Gasteiger partial charge in [0.2, 0.25) is 21.8 Å². The van der Waals surface area contributed by atoms with Crippen molar-refractivity contribution in [2.45, 2.75) is 39.1 Å². The van der Waals surface area contributed by atoms with E-state index >= 15 is 0 Å². The van der Waals surface area contributed by atoms with Crippen molar-refractivity contribution in [1.29, 1.82) is 0 Å². The van der Waals surface area contributed by atoms with E-state index in [1.54, 1.807) is 45.0 Å². The molecule has 1 aliphatic heterocycles. The van der Waals surface area contributed by atoms with Crippen LogP contribution in [0.3, 0.4) is 0 Å². The highest BCUT2D eigenvalue weighted by atomic mass is 32.2.